The molecule has 0 amide bonds. The van der Waals surface area contributed by atoms with Crippen LogP contribution in [-0.2, 0) is 13.1 Å². The second kappa shape index (κ2) is 10.4. The van der Waals surface area contributed by atoms with Crippen molar-refractivity contribution >= 4 is 39.0 Å². The fourth-order valence-corrected chi connectivity index (χ4v) is 5.65. The summed E-state index contributed by atoms with van der Waals surface area (Å²) in [6.07, 6.45) is 5.57. The molecule has 1 fully saturated rings. The number of nitrogens with zero attached hydrogens (tertiary/aromatic N) is 3. The van der Waals surface area contributed by atoms with Gasteiger partial charge in [0.25, 0.3) is 5.56 Å². The van der Waals surface area contributed by atoms with E-state index in [-0.39, 0.29) is 5.56 Å². The minimum absolute atomic E-state index is 0.0147. The Bertz CT molecular complexity index is 1610. The van der Waals surface area contributed by atoms with E-state index in [4.69, 9.17) is 11.6 Å². The van der Waals surface area contributed by atoms with Crippen LogP contribution < -0.4 is 15.8 Å². The summed E-state index contributed by atoms with van der Waals surface area (Å²) in [5.74, 6) is 0. The van der Waals surface area contributed by atoms with Crippen LogP contribution in [0.25, 0.3) is 21.7 Å². The Morgan fingerprint density at radius 3 is 2.49 bits per heavy atom. The monoisotopic (exact) mass is 508 g/mol. The molecular formula is C31H29ClN4O. The molecule has 0 atom stereocenters. The van der Waals surface area contributed by atoms with Gasteiger partial charge in [-0.15, -0.1) is 0 Å². The van der Waals surface area contributed by atoms with E-state index in [1.807, 2.05) is 41.0 Å². The Morgan fingerprint density at radius 1 is 0.892 bits per heavy atom. The molecule has 1 saturated heterocycles. The van der Waals surface area contributed by atoms with Gasteiger partial charge < -0.3 is 14.8 Å². The minimum Gasteiger partial charge on any atom is -0.363 e. The van der Waals surface area contributed by atoms with E-state index in [1.165, 1.54) is 16.3 Å². The van der Waals surface area contributed by atoms with Crippen molar-refractivity contribution in [1.82, 2.24) is 14.9 Å². The second-order valence-corrected chi connectivity index (χ2v) is 10.2. The number of halogens is 1. The topological polar surface area (TPSA) is 50.2 Å². The highest BCUT2D eigenvalue weighted by atomic mass is 35.5. The number of fused-ring (bicyclic) bond motifs is 2. The normalized spacial score (nSPS) is 14.3. The molecule has 37 heavy (non-hydrogen) atoms. The summed E-state index contributed by atoms with van der Waals surface area (Å²) in [4.78, 5) is 20.2. The molecule has 1 N–H and O–H groups in total. The molecule has 0 radical (unpaired) electrons. The third-order valence-electron chi connectivity index (χ3n) is 7.37. The summed E-state index contributed by atoms with van der Waals surface area (Å²) in [7, 11) is 0. The van der Waals surface area contributed by atoms with Crippen LogP contribution in [-0.4, -0.2) is 28.7 Å². The number of hydrogen-bond acceptors (Lipinski definition) is 4. The zero-order valence-electron chi connectivity index (χ0n) is 20.6. The Kier molecular flexibility index (Phi) is 6.64. The first kappa shape index (κ1) is 23.7. The summed E-state index contributed by atoms with van der Waals surface area (Å²) >= 11 is 6.53. The maximum atomic E-state index is 13.6. The van der Waals surface area contributed by atoms with Crippen LogP contribution in [0, 0.1) is 0 Å². The first-order valence-corrected chi connectivity index (χ1v) is 13.2. The van der Waals surface area contributed by atoms with Crippen molar-refractivity contribution in [3.63, 3.8) is 0 Å². The van der Waals surface area contributed by atoms with Crippen LogP contribution in [0.3, 0.4) is 0 Å². The molecule has 3 heterocycles. The number of aromatic nitrogens is 2. The standard InChI is InChI=1S/C31H29ClN4O/c32-26-7-8-29-28(18-26)30(19-31(37)36(29)20-22-9-13-33-14-10-22)35(27-11-15-34-16-12-27)21-23-5-6-24-3-1-2-4-25(24)17-23/h1-10,13-14,17-19,27,34H,11-12,15-16,20-21H2. The van der Waals surface area contributed by atoms with Crippen LogP contribution in [0.4, 0.5) is 5.69 Å². The zero-order valence-corrected chi connectivity index (χ0v) is 21.4. The van der Waals surface area contributed by atoms with Crippen LogP contribution >= 0.6 is 11.6 Å². The number of benzene rings is 3. The van der Waals surface area contributed by atoms with E-state index in [0.717, 1.165) is 54.6 Å². The maximum absolute atomic E-state index is 13.6. The van der Waals surface area contributed by atoms with E-state index < -0.39 is 0 Å². The molecule has 6 rings (SSSR count). The lowest BCUT2D eigenvalue weighted by Crippen LogP contribution is -2.43. The first-order valence-electron chi connectivity index (χ1n) is 12.8. The van der Waals surface area contributed by atoms with E-state index in [9.17, 15) is 4.79 Å². The summed E-state index contributed by atoms with van der Waals surface area (Å²) in [6, 6.07) is 27.0. The molecule has 0 saturated carbocycles. The maximum Gasteiger partial charge on any atom is 0.253 e. The lowest BCUT2D eigenvalue weighted by Gasteiger charge is -2.37. The number of pyridine rings is 2. The number of nitrogens with one attached hydrogen (secondary N) is 1. The van der Waals surface area contributed by atoms with Gasteiger partial charge in [-0.25, -0.2) is 0 Å². The average Bonchev–Trinajstić information content (AvgIpc) is 2.94. The highest BCUT2D eigenvalue weighted by molar-refractivity contribution is 6.31. The van der Waals surface area contributed by atoms with Gasteiger partial charge in [-0.05, 0) is 84.2 Å². The fourth-order valence-electron chi connectivity index (χ4n) is 5.47. The molecule has 2 aromatic heterocycles. The lowest BCUT2D eigenvalue weighted by atomic mass is 10.00. The van der Waals surface area contributed by atoms with Crippen molar-refractivity contribution in [2.75, 3.05) is 18.0 Å². The smallest absolute Gasteiger partial charge is 0.253 e. The van der Waals surface area contributed by atoms with Gasteiger partial charge in [0.2, 0.25) is 0 Å². The van der Waals surface area contributed by atoms with Gasteiger partial charge in [0.15, 0.2) is 0 Å². The predicted octanol–water partition coefficient (Wildman–Crippen LogP) is 6.01. The Labute approximate surface area is 221 Å². The number of anilines is 1. The Balaban J connectivity index is 1.48. The van der Waals surface area contributed by atoms with Crippen LogP contribution in [0.15, 0.2) is 96.1 Å². The molecule has 3 aromatic carbocycles. The van der Waals surface area contributed by atoms with Gasteiger partial charge in [-0.3, -0.25) is 9.78 Å². The van der Waals surface area contributed by atoms with Crippen molar-refractivity contribution in [3.05, 3.63) is 118 Å². The van der Waals surface area contributed by atoms with E-state index in [2.05, 4.69) is 57.7 Å². The van der Waals surface area contributed by atoms with E-state index >= 15 is 0 Å². The molecule has 186 valence electrons. The molecule has 0 bridgehead atoms. The Morgan fingerprint density at radius 2 is 1.68 bits per heavy atom. The molecular weight excluding hydrogens is 480 g/mol. The highest BCUT2D eigenvalue weighted by Crippen LogP contribution is 2.33. The summed E-state index contributed by atoms with van der Waals surface area (Å²) in [5.41, 5.74) is 4.09. The number of rotatable bonds is 6. The zero-order chi connectivity index (χ0) is 25.2. The molecule has 1 aliphatic rings. The number of hydrogen-bond donors (Lipinski definition) is 1. The second-order valence-electron chi connectivity index (χ2n) is 9.76. The van der Waals surface area contributed by atoms with Gasteiger partial charge in [0.1, 0.15) is 0 Å². The summed E-state index contributed by atoms with van der Waals surface area (Å²) in [5, 5.41) is 7.61. The summed E-state index contributed by atoms with van der Waals surface area (Å²) < 4.78 is 1.83. The van der Waals surface area contributed by atoms with E-state index in [1.54, 1.807) is 12.4 Å². The van der Waals surface area contributed by atoms with Crippen molar-refractivity contribution in [2.45, 2.75) is 32.0 Å². The lowest BCUT2D eigenvalue weighted by molar-refractivity contribution is 0.428. The minimum atomic E-state index is -0.0147. The SMILES string of the molecule is O=c1cc(N(Cc2ccc3ccccc3c2)C2CCNCC2)c2cc(Cl)ccc2n1Cc1ccncc1. The Hall–Kier alpha value is -3.67. The van der Waals surface area contributed by atoms with Gasteiger partial charge in [-0.1, -0.05) is 48.0 Å². The average molecular weight is 509 g/mol. The summed E-state index contributed by atoms with van der Waals surface area (Å²) in [6.45, 7) is 3.15. The van der Waals surface area contributed by atoms with Crippen molar-refractivity contribution in [2.24, 2.45) is 0 Å². The third kappa shape index (κ3) is 4.97. The number of piperidine rings is 1. The molecule has 5 nitrogen and oxygen atoms in total. The fraction of sp³-hybridized carbons (Fsp3) is 0.226. The van der Waals surface area contributed by atoms with Crippen molar-refractivity contribution in [1.29, 1.82) is 0 Å². The molecule has 5 aromatic rings. The molecule has 1 aliphatic heterocycles. The molecule has 0 unspecified atom stereocenters. The largest absolute Gasteiger partial charge is 0.363 e. The molecule has 6 heteroatoms. The van der Waals surface area contributed by atoms with Gasteiger partial charge in [-0.2, -0.15) is 0 Å². The highest BCUT2D eigenvalue weighted by Gasteiger charge is 2.25. The first-order chi connectivity index (χ1) is 18.2. The molecule has 0 spiro atoms. The van der Waals surface area contributed by atoms with Crippen molar-refractivity contribution in [3.8, 4) is 0 Å². The van der Waals surface area contributed by atoms with Crippen molar-refractivity contribution < 1.29 is 0 Å². The van der Waals surface area contributed by atoms with E-state index in [0.29, 0.717) is 17.6 Å². The quantitative estimate of drug-likeness (QED) is 0.305. The van der Waals surface area contributed by atoms with Gasteiger partial charge in [0.05, 0.1) is 17.7 Å². The predicted molar refractivity (Wildman–Crippen MR) is 153 cm³/mol. The van der Waals surface area contributed by atoms with Gasteiger partial charge >= 0.3 is 0 Å². The van der Waals surface area contributed by atoms with Gasteiger partial charge in [0, 0.05) is 41.5 Å². The third-order valence-corrected chi connectivity index (χ3v) is 7.60. The van der Waals surface area contributed by atoms with Crippen LogP contribution in [0.5, 0.6) is 0 Å². The molecule has 0 aliphatic carbocycles. The van der Waals surface area contributed by atoms with Crippen LogP contribution in [0.1, 0.15) is 24.0 Å². The van der Waals surface area contributed by atoms with Crippen LogP contribution in [0.2, 0.25) is 5.02 Å².